The quantitative estimate of drug-likeness (QED) is 0.551. The van der Waals surface area contributed by atoms with Crippen molar-refractivity contribution in [3.63, 3.8) is 0 Å². The standard InChI is InChI=1S/C19H14ClFN4O4/c1-29-19(28)16-15(22-9-23-16)18(27)25-12-5-3-11(4-6-12)24-17(26)13-7-2-10(21)8-14(13)20/h2-9H,1H3,(H,22,23)(H,24,26)(H,25,27). The average molecular weight is 417 g/mol. The van der Waals surface area contributed by atoms with Gasteiger partial charge in [0.05, 0.1) is 24.0 Å². The first kappa shape index (κ1) is 20.0. The Hall–Kier alpha value is -3.72. The van der Waals surface area contributed by atoms with Crippen molar-refractivity contribution in [1.82, 2.24) is 9.97 Å². The Kier molecular flexibility index (Phi) is 5.89. The second-order valence-corrected chi connectivity index (χ2v) is 6.13. The predicted octanol–water partition coefficient (Wildman–Crippen LogP) is 3.49. The topological polar surface area (TPSA) is 113 Å². The second-order valence-electron chi connectivity index (χ2n) is 5.73. The van der Waals surface area contributed by atoms with E-state index in [4.69, 9.17) is 11.6 Å². The first-order valence-corrected chi connectivity index (χ1v) is 8.56. The highest BCUT2D eigenvalue weighted by Crippen LogP contribution is 2.20. The van der Waals surface area contributed by atoms with Crippen LogP contribution in [0, 0.1) is 5.82 Å². The minimum absolute atomic E-state index is 0.00760. The lowest BCUT2D eigenvalue weighted by Crippen LogP contribution is -2.17. The molecule has 1 aromatic heterocycles. The van der Waals surface area contributed by atoms with Gasteiger partial charge in [-0.15, -0.1) is 0 Å². The van der Waals surface area contributed by atoms with Crippen LogP contribution in [0.1, 0.15) is 31.3 Å². The zero-order chi connectivity index (χ0) is 21.0. The lowest BCUT2D eigenvalue weighted by molar-refractivity contribution is 0.0591. The van der Waals surface area contributed by atoms with Gasteiger partial charge >= 0.3 is 5.97 Å². The number of benzene rings is 2. The number of nitrogens with one attached hydrogen (secondary N) is 3. The number of amides is 2. The summed E-state index contributed by atoms with van der Waals surface area (Å²) in [5.74, 6) is -2.38. The van der Waals surface area contributed by atoms with Crippen LogP contribution in [-0.4, -0.2) is 34.9 Å². The fraction of sp³-hybridized carbons (Fsp3) is 0.0526. The van der Waals surface area contributed by atoms with Gasteiger partial charge in [-0.3, -0.25) is 9.59 Å². The van der Waals surface area contributed by atoms with Gasteiger partial charge in [-0.2, -0.15) is 0 Å². The molecule has 3 rings (SSSR count). The summed E-state index contributed by atoms with van der Waals surface area (Å²) in [4.78, 5) is 42.5. The molecule has 8 nitrogen and oxygen atoms in total. The maximum Gasteiger partial charge on any atom is 0.356 e. The summed E-state index contributed by atoms with van der Waals surface area (Å²) in [5.41, 5.74) is 0.791. The van der Waals surface area contributed by atoms with E-state index in [0.717, 1.165) is 12.1 Å². The Morgan fingerprint density at radius 1 is 1.03 bits per heavy atom. The number of anilines is 2. The lowest BCUT2D eigenvalue weighted by Gasteiger charge is -2.09. The zero-order valence-electron chi connectivity index (χ0n) is 15.0. The third-order valence-electron chi connectivity index (χ3n) is 3.82. The molecule has 3 aromatic rings. The van der Waals surface area contributed by atoms with E-state index in [1.165, 1.54) is 19.5 Å². The van der Waals surface area contributed by atoms with Gasteiger partial charge < -0.3 is 20.4 Å². The number of imidazole rings is 1. The summed E-state index contributed by atoms with van der Waals surface area (Å²) in [6.45, 7) is 0. The van der Waals surface area contributed by atoms with Crippen LogP contribution in [0.2, 0.25) is 5.02 Å². The number of halogens is 2. The molecular formula is C19H14ClFN4O4. The Morgan fingerprint density at radius 3 is 2.24 bits per heavy atom. The van der Waals surface area contributed by atoms with Gasteiger partial charge in [-0.25, -0.2) is 14.2 Å². The van der Waals surface area contributed by atoms with Crippen molar-refractivity contribution in [2.75, 3.05) is 17.7 Å². The molecule has 29 heavy (non-hydrogen) atoms. The fourth-order valence-corrected chi connectivity index (χ4v) is 2.68. The van der Waals surface area contributed by atoms with E-state index in [1.54, 1.807) is 24.3 Å². The molecule has 0 aliphatic carbocycles. The second kappa shape index (κ2) is 8.53. The maximum atomic E-state index is 13.1. The van der Waals surface area contributed by atoms with E-state index < -0.39 is 23.6 Å². The summed E-state index contributed by atoms with van der Waals surface area (Å²) < 4.78 is 17.7. The number of methoxy groups -OCH3 is 1. The molecule has 2 amide bonds. The number of ether oxygens (including phenoxy) is 1. The third kappa shape index (κ3) is 4.58. The van der Waals surface area contributed by atoms with Crippen LogP contribution in [-0.2, 0) is 4.74 Å². The van der Waals surface area contributed by atoms with Crippen LogP contribution in [0.5, 0.6) is 0 Å². The molecule has 10 heteroatoms. The van der Waals surface area contributed by atoms with Gasteiger partial charge in [-0.05, 0) is 42.5 Å². The molecule has 0 spiro atoms. The van der Waals surface area contributed by atoms with Gasteiger partial charge in [0.15, 0.2) is 11.4 Å². The van der Waals surface area contributed by atoms with Gasteiger partial charge in [-0.1, -0.05) is 11.6 Å². The van der Waals surface area contributed by atoms with Gasteiger partial charge in [0.1, 0.15) is 5.82 Å². The molecular weight excluding hydrogens is 403 g/mol. The number of nitrogens with zero attached hydrogens (tertiary/aromatic N) is 1. The van der Waals surface area contributed by atoms with Gasteiger partial charge in [0, 0.05) is 11.4 Å². The summed E-state index contributed by atoms with van der Waals surface area (Å²) in [7, 11) is 1.19. The first-order chi connectivity index (χ1) is 13.9. The van der Waals surface area contributed by atoms with E-state index in [1.807, 2.05) is 0 Å². The molecule has 0 aliphatic rings. The van der Waals surface area contributed by atoms with E-state index >= 15 is 0 Å². The van der Waals surface area contributed by atoms with Crippen LogP contribution in [0.4, 0.5) is 15.8 Å². The number of aromatic amines is 1. The van der Waals surface area contributed by atoms with Gasteiger partial charge in [0.2, 0.25) is 0 Å². The Morgan fingerprint density at radius 2 is 1.66 bits per heavy atom. The van der Waals surface area contributed by atoms with Crippen LogP contribution >= 0.6 is 11.6 Å². The highest BCUT2D eigenvalue weighted by Gasteiger charge is 2.21. The molecule has 0 saturated carbocycles. The Balaban J connectivity index is 1.67. The monoisotopic (exact) mass is 416 g/mol. The van der Waals surface area contributed by atoms with Crippen LogP contribution < -0.4 is 10.6 Å². The summed E-state index contributed by atoms with van der Waals surface area (Å²) in [6, 6.07) is 9.66. The Bertz CT molecular complexity index is 1080. The largest absolute Gasteiger partial charge is 0.464 e. The van der Waals surface area contributed by atoms with E-state index in [9.17, 15) is 18.8 Å². The number of aromatic nitrogens is 2. The van der Waals surface area contributed by atoms with Crippen molar-refractivity contribution in [1.29, 1.82) is 0 Å². The molecule has 0 aliphatic heterocycles. The molecule has 0 fully saturated rings. The van der Waals surface area contributed by atoms with Gasteiger partial charge in [0.25, 0.3) is 11.8 Å². The molecule has 148 valence electrons. The highest BCUT2D eigenvalue weighted by molar-refractivity contribution is 6.34. The highest BCUT2D eigenvalue weighted by atomic mass is 35.5. The molecule has 3 N–H and O–H groups in total. The normalized spacial score (nSPS) is 10.3. The van der Waals surface area contributed by atoms with Crippen LogP contribution in [0.25, 0.3) is 0 Å². The van der Waals surface area contributed by atoms with Crippen molar-refractivity contribution in [2.45, 2.75) is 0 Å². The number of carbonyl (C=O) groups is 3. The van der Waals surface area contributed by atoms with E-state index in [2.05, 4.69) is 25.3 Å². The summed E-state index contributed by atoms with van der Waals surface area (Å²) in [6.07, 6.45) is 1.21. The molecule has 0 atom stereocenters. The summed E-state index contributed by atoms with van der Waals surface area (Å²) >= 11 is 5.88. The third-order valence-corrected chi connectivity index (χ3v) is 4.13. The first-order valence-electron chi connectivity index (χ1n) is 8.18. The Labute approximate surface area is 169 Å². The number of H-pyrrole nitrogens is 1. The number of esters is 1. The van der Waals surface area contributed by atoms with E-state index in [-0.39, 0.29) is 22.0 Å². The zero-order valence-corrected chi connectivity index (χ0v) is 15.7. The molecule has 0 radical (unpaired) electrons. The predicted molar refractivity (Wildman–Crippen MR) is 104 cm³/mol. The number of rotatable bonds is 5. The van der Waals surface area contributed by atoms with Crippen molar-refractivity contribution in [3.05, 3.63) is 76.6 Å². The van der Waals surface area contributed by atoms with Crippen molar-refractivity contribution in [2.24, 2.45) is 0 Å². The van der Waals surface area contributed by atoms with Crippen molar-refractivity contribution in [3.8, 4) is 0 Å². The minimum Gasteiger partial charge on any atom is -0.464 e. The lowest BCUT2D eigenvalue weighted by atomic mass is 10.2. The molecule has 0 bridgehead atoms. The smallest absolute Gasteiger partial charge is 0.356 e. The SMILES string of the molecule is COC(=O)c1[nH]cnc1C(=O)Nc1ccc(NC(=O)c2ccc(F)cc2Cl)cc1. The average Bonchev–Trinajstić information content (AvgIpc) is 3.19. The molecule has 2 aromatic carbocycles. The van der Waals surface area contributed by atoms with Crippen LogP contribution in [0.3, 0.4) is 0 Å². The molecule has 0 saturated heterocycles. The minimum atomic E-state index is -0.717. The molecule has 1 heterocycles. The maximum absolute atomic E-state index is 13.1. The fourth-order valence-electron chi connectivity index (χ4n) is 2.42. The number of carbonyl (C=O) groups excluding carboxylic acids is 3. The van der Waals surface area contributed by atoms with E-state index in [0.29, 0.717) is 11.4 Å². The molecule has 0 unspecified atom stereocenters. The van der Waals surface area contributed by atoms with Crippen LogP contribution in [0.15, 0.2) is 48.8 Å². The van der Waals surface area contributed by atoms with Crippen molar-refractivity contribution < 1.29 is 23.5 Å². The number of hydrogen-bond acceptors (Lipinski definition) is 5. The number of hydrogen-bond donors (Lipinski definition) is 3. The van der Waals surface area contributed by atoms with Crippen molar-refractivity contribution >= 4 is 40.8 Å². The summed E-state index contributed by atoms with van der Waals surface area (Å²) in [5, 5.41) is 5.20.